The van der Waals surface area contributed by atoms with Gasteiger partial charge in [-0.1, -0.05) is 11.6 Å². The number of hydrogen-bond acceptors (Lipinski definition) is 4. The van der Waals surface area contributed by atoms with Gasteiger partial charge in [0, 0.05) is 17.8 Å². The smallest absolute Gasteiger partial charge is 0.217 e. The van der Waals surface area contributed by atoms with Gasteiger partial charge in [-0.25, -0.2) is 4.98 Å². The third-order valence-corrected chi connectivity index (χ3v) is 1.96. The molecule has 2 N–H and O–H groups in total. The fourth-order valence-corrected chi connectivity index (χ4v) is 1.25. The first-order valence-corrected chi connectivity index (χ1v) is 4.38. The summed E-state index contributed by atoms with van der Waals surface area (Å²) in [5.74, 6) is 0.414. The van der Waals surface area contributed by atoms with Gasteiger partial charge in [-0.15, -0.1) is 0 Å². The van der Waals surface area contributed by atoms with Crippen LogP contribution in [0.5, 0.6) is 5.88 Å². The van der Waals surface area contributed by atoms with Crippen molar-refractivity contribution in [3.8, 4) is 11.9 Å². The van der Waals surface area contributed by atoms with E-state index in [1.54, 1.807) is 6.07 Å². The molecule has 0 spiro atoms. The Labute approximate surface area is 87.3 Å². The monoisotopic (exact) mass is 211 g/mol. The minimum atomic E-state index is -0.416. The maximum absolute atomic E-state index is 8.51. The molecule has 0 radical (unpaired) electrons. The molecule has 0 amide bonds. The molecule has 0 aromatic carbocycles. The fourth-order valence-electron chi connectivity index (χ4n) is 1.09. The van der Waals surface area contributed by atoms with E-state index in [2.05, 4.69) is 4.98 Å². The Balaban J connectivity index is 3.04. The summed E-state index contributed by atoms with van der Waals surface area (Å²) in [5.41, 5.74) is 6.40. The maximum atomic E-state index is 8.51. The molecule has 0 aliphatic carbocycles. The van der Waals surface area contributed by atoms with Gasteiger partial charge in [0.25, 0.3) is 0 Å². The summed E-state index contributed by atoms with van der Waals surface area (Å²) in [6.45, 7) is 0. The Hall–Kier alpha value is -1.31. The highest BCUT2D eigenvalue weighted by atomic mass is 35.5. The Morgan fingerprint density at radius 3 is 3.07 bits per heavy atom. The second kappa shape index (κ2) is 4.80. The van der Waals surface area contributed by atoms with Crippen molar-refractivity contribution in [3.63, 3.8) is 0 Å². The van der Waals surface area contributed by atoms with E-state index in [1.807, 2.05) is 6.07 Å². The van der Waals surface area contributed by atoms with Gasteiger partial charge < -0.3 is 10.5 Å². The van der Waals surface area contributed by atoms with Crippen LogP contribution in [0, 0.1) is 11.3 Å². The molecule has 0 aliphatic heterocycles. The Morgan fingerprint density at radius 1 is 1.79 bits per heavy atom. The van der Waals surface area contributed by atoms with Crippen LogP contribution in [0.2, 0.25) is 5.02 Å². The Kier molecular flexibility index (Phi) is 3.69. The number of nitrogens with two attached hydrogens (primary N) is 1. The van der Waals surface area contributed by atoms with Crippen LogP contribution < -0.4 is 10.5 Å². The quantitative estimate of drug-likeness (QED) is 0.825. The number of halogens is 1. The molecule has 14 heavy (non-hydrogen) atoms. The first kappa shape index (κ1) is 10.8. The van der Waals surface area contributed by atoms with E-state index in [-0.39, 0.29) is 6.42 Å². The molecule has 74 valence electrons. The van der Waals surface area contributed by atoms with E-state index in [4.69, 9.17) is 27.3 Å². The summed E-state index contributed by atoms with van der Waals surface area (Å²) in [5, 5.41) is 8.99. The molecule has 0 bridgehead atoms. The SMILES string of the molecule is COc1ncc(Cl)cc1C(N)CC#N. The highest BCUT2D eigenvalue weighted by molar-refractivity contribution is 6.30. The first-order valence-electron chi connectivity index (χ1n) is 4.01. The molecule has 0 fully saturated rings. The van der Waals surface area contributed by atoms with E-state index in [0.717, 1.165) is 0 Å². The van der Waals surface area contributed by atoms with E-state index >= 15 is 0 Å². The lowest BCUT2D eigenvalue weighted by Gasteiger charge is -2.11. The number of aromatic nitrogens is 1. The van der Waals surface area contributed by atoms with E-state index in [1.165, 1.54) is 13.3 Å². The number of pyridine rings is 1. The zero-order chi connectivity index (χ0) is 10.6. The third-order valence-electron chi connectivity index (χ3n) is 1.75. The second-order valence-electron chi connectivity index (χ2n) is 2.72. The molecule has 0 aliphatic rings. The summed E-state index contributed by atoms with van der Waals surface area (Å²) < 4.78 is 5.01. The van der Waals surface area contributed by atoms with Crippen LogP contribution in [0.25, 0.3) is 0 Å². The highest BCUT2D eigenvalue weighted by Gasteiger charge is 2.13. The van der Waals surface area contributed by atoms with Crippen LogP contribution in [-0.4, -0.2) is 12.1 Å². The summed E-state index contributed by atoms with van der Waals surface area (Å²) in [6, 6.07) is 3.23. The van der Waals surface area contributed by atoms with Crippen LogP contribution in [0.15, 0.2) is 12.3 Å². The van der Waals surface area contributed by atoms with Crippen LogP contribution in [-0.2, 0) is 0 Å². The van der Waals surface area contributed by atoms with Crippen molar-refractivity contribution in [2.45, 2.75) is 12.5 Å². The molecule has 1 heterocycles. The van der Waals surface area contributed by atoms with Gasteiger partial charge in [-0.2, -0.15) is 5.26 Å². The summed E-state index contributed by atoms with van der Waals surface area (Å²) in [6.07, 6.45) is 1.68. The van der Waals surface area contributed by atoms with Crippen molar-refractivity contribution in [1.82, 2.24) is 4.98 Å². The predicted molar refractivity (Wildman–Crippen MR) is 53.0 cm³/mol. The molecule has 0 saturated heterocycles. The van der Waals surface area contributed by atoms with Gasteiger partial charge in [0.15, 0.2) is 0 Å². The van der Waals surface area contributed by atoms with Crippen LogP contribution in [0.1, 0.15) is 18.0 Å². The second-order valence-corrected chi connectivity index (χ2v) is 3.16. The van der Waals surface area contributed by atoms with Crippen molar-refractivity contribution in [2.24, 2.45) is 5.73 Å². The van der Waals surface area contributed by atoms with Crippen molar-refractivity contribution in [1.29, 1.82) is 5.26 Å². The standard InChI is InChI=1S/C9H10ClN3O/c1-14-9-7(8(12)2-3-11)4-6(10)5-13-9/h4-5,8H,2,12H2,1H3. The molecule has 1 unspecified atom stereocenters. The zero-order valence-corrected chi connectivity index (χ0v) is 8.45. The predicted octanol–water partition coefficient (Wildman–Crippen LogP) is 1.66. The number of rotatable bonds is 3. The van der Waals surface area contributed by atoms with Crippen LogP contribution >= 0.6 is 11.6 Å². The summed E-state index contributed by atoms with van der Waals surface area (Å²) in [7, 11) is 1.50. The van der Waals surface area contributed by atoms with Gasteiger partial charge >= 0.3 is 0 Å². The summed E-state index contributed by atoms with van der Waals surface area (Å²) >= 11 is 5.76. The number of hydrogen-bond donors (Lipinski definition) is 1. The van der Waals surface area contributed by atoms with Crippen molar-refractivity contribution >= 4 is 11.6 Å². The van der Waals surface area contributed by atoms with Gasteiger partial charge in [-0.3, -0.25) is 0 Å². The van der Waals surface area contributed by atoms with Crippen molar-refractivity contribution in [2.75, 3.05) is 7.11 Å². The molecule has 1 aromatic rings. The average molecular weight is 212 g/mol. The molecule has 1 rings (SSSR count). The number of nitrogens with zero attached hydrogens (tertiary/aromatic N) is 2. The van der Waals surface area contributed by atoms with Crippen LogP contribution in [0.4, 0.5) is 0 Å². The van der Waals surface area contributed by atoms with E-state index < -0.39 is 6.04 Å². The van der Waals surface area contributed by atoms with Gasteiger partial charge in [0.05, 0.1) is 24.6 Å². The molecule has 4 nitrogen and oxygen atoms in total. The lowest BCUT2D eigenvalue weighted by Crippen LogP contribution is -2.11. The lowest BCUT2D eigenvalue weighted by molar-refractivity contribution is 0.388. The van der Waals surface area contributed by atoms with Crippen LogP contribution in [0.3, 0.4) is 0 Å². The fraction of sp³-hybridized carbons (Fsp3) is 0.333. The maximum Gasteiger partial charge on any atom is 0.217 e. The van der Waals surface area contributed by atoms with E-state index in [9.17, 15) is 0 Å². The lowest BCUT2D eigenvalue weighted by atomic mass is 10.1. The molecule has 5 heteroatoms. The van der Waals surface area contributed by atoms with Crippen molar-refractivity contribution < 1.29 is 4.74 Å². The zero-order valence-electron chi connectivity index (χ0n) is 7.70. The first-order chi connectivity index (χ1) is 6.69. The third kappa shape index (κ3) is 2.34. The number of nitriles is 1. The van der Waals surface area contributed by atoms with Gasteiger partial charge in [0.2, 0.25) is 5.88 Å². The topological polar surface area (TPSA) is 71.9 Å². The number of ether oxygens (including phenoxy) is 1. The van der Waals surface area contributed by atoms with E-state index in [0.29, 0.717) is 16.5 Å². The molecule has 1 aromatic heterocycles. The minimum Gasteiger partial charge on any atom is -0.481 e. The average Bonchev–Trinajstić information content (AvgIpc) is 2.18. The Morgan fingerprint density at radius 2 is 2.50 bits per heavy atom. The van der Waals surface area contributed by atoms with Crippen molar-refractivity contribution in [3.05, 3.63) is 22.8 Å². The molecule has 1 atom stereocenters. The molecule has 0 saturated carbocycles. The number of methoxy groups -OCH3 is 1. The summed E-state index contributed by atoms with van der Waals surface area (Å²) in [4.78, 5) is 3.96. The normalized spacial score (nSPS) is 11.9. The van der Waals surface area contributed by atoms with Gasteiger partial charge in [0.1, 0.15) is 0 Å². The molecular weight excluding hydrogens is 202 g/mol. The Bertz CT molecular complexity index is 362. The van der Waals surface area contributed by atoms with Gasteiger partial charge in [-0.05, 0) is 6.07 Å². The largest absolute Gasteiger partial charge is 0.481 e. The minimum absolute atomic E-state index is 0.207. The highest BCUT2D eigenvalue weighted by Crippen LogP contribution is 2.25. The molecular formula is C9H10ClN3O.